The molecule has 0 aromatic heterocycles. The highest BCUT2D eigenvalue weighted by atomic mass is 32.2. The van der Waals surface area contributed by atoms with Gasteiger partial charge in [-0.3, -0.25) is 4.79 Å². The SMILES string of the molecule is O=C(CC1CSCCN1)Nc1c(F)c(F)cc(F)c1F. The molecule has 8 heteroatoms. The van der Waals surface area contributed by atoms with E-state index in [1.165, 1.54) is 0 Å². The van der Waals surface area contributed by atoms with Gasteiger partial charge in [-0.1, -0.05) is 0 Å². The topological polar surface area (TPSA) is 41.1 Å². The normalized spacial score (nSPS) is 18.9. The highest BCUT2D eigenvalue weighted by Crippen LogP contribution is 2.24. The number of nitrogens with one attached hydrogen (secondary N) is 2. The van der Waals surface area contributed by atoms with E-state index in [0.717, 1.165) is 12.3 Å². The van der Waals surface area contributed by atoms with E-state index >= 15 is 0 Å². The maximum Gasteiger partial charge on any atom is 0.226 e. The molecule has 20 heavy (non-hydrogen) atoms. The van der Waals surface area contributed by atoms with Gasteiger partial charge in [-0.2, -0.15) is 11.8 Å². The molecule has 2 N–H and O–H groups in total. The second-order valence-electron chi connectivity index (χ2n) is 4.32. The van der Waals surface area contributed by atoms with Crippen molar-refractivity contribution >= 4 is 23.4 Å². The van der Waals surface area contributed by atoms with Crippen LogP contribution in [0.15, 0.2) is 6.07 Å². The number of rotatable bonds is 3. The molecule has 0 radical (unpaired) electrons. The average molecular weight is 308 g/mol. The van der Waals surface area contributed by atoms with Crippen molar-refractivity contribution in [1.29, 1.82) is 0 Å². The first kappa shape index (κ1) is 15.1. The third kappa shape index (κ3) is 3.43. The lowest BCUT2D eigenvalue weighted by atomic mass is 10.2. The van der Waals surface area contributed by atoms with Crippen molar-refractivity contribution in [2.24, 2.45) is 0 Å². The predicted octanol–water partition coefficient (Wildman–Crippen LogP) is 2.28. The van der Waals surface area contributed by atoms with Gasteiger partial charge in [0.25, 0.3) is 0 Å². The maximum atomic E-state index is 13.4. The lowest BCUT2D eigenvalue weighted by molar-refractivity contribution is -0.116. The highest BCUT2D eigenvalue weighted by Gasteiger charge is 2.22. The Balaban J connectivity index is 2.07. The predicted molar refractivity (Wildman–Crippen MR) is 68.6 cm³/mol. The zero-order valence-corrected chi connectivity index (χ0v) is 11.1. The number of hydrogen-bond donors (Lipinski definition) is 2. The molecule has 110 valence electrons. The fourth-order valence-electron chi connectivity index (χ4n) is 1.85. The van der Waals surface area contributed by atoms with E-state index in [1.54, 1.807) is 11.8 Å². The van der Waals surface area contributed by atoms with Crippen molar-refractivity contribution < 1.29 is 22.4 Å². The Hall–Kier alpha value is -1.28. The van der Waals surface area contributed by atoms with Gasteiger partial charge in [-0.15, -0.1) is 0 Å². The monoisotopic (exact) mass is 308 g/mol. The van der Waals surface area contributed by atoms with Gasteiger partial charge in [0.15, 0.2) is 23.3 Å². The summed E-state index contributed by atoms with van der Waals surface area (Å²) in [6, 6.07) is -0.0297. The number of benzene rings is 1. The molecular weight excluding hydrogens is 296 g/mol. The Kier molecular flexibility index (Phi) is 4.87. The molecule has 1 atom stereocenters. The van der Waals surface area contributed by atoms with E-state index in [2.05, 4.69) is 5.32 Å². The summed E-state index contributed by atoms with van der Waals surface area (Å²) < 4.78 is 52.7. The van der Waals surface area contributed by atoms with Gasteiger partial charge in [0.2, 0.25) is 5.91 Å². The smallest absolute Gasteiger partial charge is 0.226 e. The Morgan fingerprint density at radius 2 is 1.95 bits per heavy atom. The molecule has 1 heterocycles. The van der Waals surface area contributed by atoms with Gasteiger partial charge in [0, 0.05) is 36.6 Å². The van der Waals surface area contributed by atoms with Crippen LogP contribution in [0.25, 0.3) is 0 Å². The van der Waals surface area contributed by atoms with Gasteiger partial charge in [0.05, 0.1) is 0 Å². The number of thioether (sulfide) groups is 1. The molecule has 0 bridgehead atoms. The van der Waals surface area contributed by atoms with E-state index < -0.39 is 34.9 Å². The number of carbonyl (C=O) groups is 1. The van der Waals surface area contributed by atoms with Crippen LogP contribution in [0.4, 0.5) is 23.2 Å². The van der Waals surface area contributed by atoms with Crippen molar-refractivity contribution in [3.05, 3.63) is 29.3 Å². The molecule has 1 fully saturated rings. The number of hydrogen-bond acceptors (Lipinski definition) is 3. The molecule has 1 saturated heterocycles. The van der Waals surface area contributed by atoms with Gasteiger partial charge < -0.3 is 10.6 Å². The molecule has 0 saturated carbocycles. The maximum absolute atomic E-state index is 13.4. The standard InChI is InChI=1S/C12H12F4N2OS/c13-7-4-8(14)11(16)12(10(7)15)18-9(19)3-6-5-20-2-1-17-6/h4,6,17H,1-3,5H2,(H,18,19). The summed E-state index contributed by atoms with van der Waals surface area (Å²) in [5.41, 5.74) is -1.09. The second-order valence-corrected chi connectivity index (χ2v) is 5.47. The first-order valence-corrected chi connectivity index (χ1v) is 7.08. The van der Waals surface area contributed by atoms with Crippen molar-refractivity contribution in [3.63, 3.8) is 0 Å². The van der Waals surface area contributed by atoms with E-state index in [-0.39, 0.29) is 18.5 Å². The molecule has 1 aliphatic rings. The van der Waals surface area contributed by atoms with Crippen LogP contribution < -0.4 is 10.6 Å². The first-order chi connectivity index (χ1) is 9.49. The Morgan fingerprint density at radius 3 is 2.50 bits per heavy atom. The van der Waals surface area contributed by atoms with Crippen molar-refractivity contribution in [3.8, 4) is 0 Å². The van der Waals surface area contributed by atoms with Crippen LogP contribution >= 0.6 is 11.8 Å². The highest BCUT2D eigenvalue weighted by molar-refractivity contribution is 7.99. The van der Waals surface area contributed by atoms with Gasteiger partial charge in [-0.25, -0.2) is 17.6 Å². The molecule has 0 spiro atoms. The summed E-state index contributed by atoms with van der Waals surface area (Å²) in [6.45, 7) is 0.736. The Morgan fingerprint density at radius 1 is 1.30 bits per heavy atom. The van der Waals surface area contributed by atoms with E-state index in [0.29, 0.717) is 5.75 Å². The van der Waals surface area contributed by atoms with Crippen molar-refractivity contribution in [2.45, 2.75) is 12.5 Å². The molecule has 1 aromatic carbocycles. The van der Waals surface area contributed by atoms with Crippen LogP contribution in [0.5, 0.6) is 0 Å². The molecule has 1 amide bonds. The summed E-state index contributed by atoms with van der Waals surface area (Å²) in [5.74, 6) is -5.40. The number of anilines is 1. The Labute approximate surface area is 117 Å². The molecule has 3 nitrogen and oxygen atoms in total. The van der Waals surface area contributed by atoms with Crippen LogP contribution in [0.3, 0.4) is 0 Å². The number of halogens is 4. The average Bonchev–Trinajstić information content (AvgIpc) is 2.42. The van der Waals surface area contributed by atoms with Crippen LogP contribution in [-0.4, -0.2) is 30.0 Å². The summed E-state index contributed by atoms with van der Waals surface area (Å²) in [4.78, 5) is 11.7. The van der Waals surface area contributed by atoms with E-state index in [9.17, 15) is 22.4 Å². The molecule has 1 aromatic rings. The summed E-state index contributed by atoms with van der Waals surface area (Å²) in [5, 5.41) is 4.96. The van der Waals surface area contributed by atoms with E-state index in [1.807, 2.05) is 5.32 Å². The Bertz CT molecular complexity index is 494. The largest absolute Gasteiger partial charge is 0.321 e. The molecule has 1 unspecified atom stereocenters. The molecular formula is C12H12F4N2OS. The molecule has 2 rings (SSSR count). The van der Waals surface area contributed by atoms with Gasteiger partial charge in [-0.05, 0) is 0 Å². The van der Waals surface area contributed by atoms with Crippen LogP contribution in [0.2, 0.25) is 0 Å². The molecule has 0 aliphatic carbocycles. The minimum atomic E-state index is -1.61. The fraction of sp³-hybridized carbons (Fsp3) is 0.417. The van der Waals surface area contributed by atoms with Crippen molar-refractivity contribution in [2.75, 3.05) is 23.4 Å². The number of carbonyl (C=O) groups excluding carboxylic acids is 1. The summed E-state index contributed by atoms with van der Waals surface area (Å²) in [6.07, 6.45) is -0.0238. The zero-order chi connectivity index (χ0) is 14.7. The third-order valence-electron chi connectivity index (χ3n) is 2.81. The first-order valence-electron chi connectivity index (χ1n) is 5.93. The fourth-order valence-corrected chi connectivity index (χ4v) is 2.80. The van der Waals surface area contributed by atoms with Gasteiger partial charge >= 0.3 is 0 Å². The van der Waals surface area contributed by atoms with Crippen molar-refractivity contribution in [1.82, 2.24) is 5.32 Å². The quantitative estimate of drug-likeness (QED) is 0.665. The summed E-state index contributed by atoms with van der Waals surface area (Å²) in [7, 11) is 0. The minimum absolute atomic E-state index is 0.0238. The van der Waals surface area contributed by atoms with Crippen LogP contribution in [0.1, 0.15) is 6.42 Å². The van der Waals surface area contributed by atoms with Gasteiger partial charge in [0.1, 0.15) is 5.69 Å². The lowest BCUT2D eigenvalue weighted by Crippen LogP contribution is -2.40. The zero-order valence-electron chi connectivity index (χ0n) is 10.3. The summed E-state index contributed by atoms with van der Waals surface area (Å²) >= 11 is 1.65. The van der Waals surface area contributed by atoms with E-state index in [4.69, 9.17) is 0 Å². The second kappa shape index (κ2) is 6.45. The lowest BCUT2D eigenvalue weighted by Gasteiger charge is -2.22. The number of amides is 1. The minimum Gasteiger partial charge on any atom is -0.321 e. The van der Waals surface area contributed by atoms with Crippen LogP contribution in [0, 0.1) is 23.3 Å². The molecule has 1 aliphatic heterocycles. The third-order valence-corrected chi connectivity index (χ3v) is 3.94. The van der Waals surface area contributed by atoms with Crippen LogP contribution in [-0.2, 0) is 4.79 Å².